The molecule has 1 aliphatic heterocycles. The number of carbonyl (C=O) groups excluding carboxylic acids is 1. The van der Waals surface area contributed by atoms with Crippen molar-refractivity contribution in [2.24, 2.45) is 5.92 Å². The highest BCUT2D eigenvalue weighted by molar-refractivity contribution is 5.55. The number of benzene rings is 1. The topological polar surface area (TPSA) is 35.5 Å². The minimum Gasteiger partial charge on any atom is -0.348 e. The molecule has 1 aromatic carbocycles. The Morgan fingerprint density at radius 1 is 1.19 bits per heavy atom. The molecule has 0 amide bonds. The molecule has 1 saturated carbocycles. The summed E-state index contributed by atoms with van der Waals surface area (Å²) < 4.78 is 11.9. The molecular weight excluding hydrogens is 264 g/mol. The molecule has 2 fully saturated rings. The van der Waals surface area contributed by atoms with Gasteiger partial charge in [0.2, 0.25) is 0 Å². The van der Waals surface area contributed by atoms with E-state index in [1.807, 2.05) is 0 Å². The van der Waals surface area contributed by atoms with Gasteiger partial charge in [0, 0.05) is 24.7 Å². The molecule has 1 saturated heterocycles. The number of hydrogen-bond donors (Lipinski definition) is 0. The molecule has 21 heavy (non-hydrogen) atoms. The van der Waals surface area contributed by atoms with E-state index in [1.165, 1.54) is 11.1 Å². The van der Waals surface area contributed by atoms with Gasteiger partial charge >= 0.3 is 0 Å². The summed E-state index contributed by atoms with van der Waals surface area (Å²) in [5.74, 6) is 0.132. The summed E-state index contributed by atoms with van der Waals surface area (Å²) in [7, 11) is 0. The van der Waals surface area contributed by atoms with Gasteiger partial charge in [0.1, 0.15) is 6.29 Å². The lowest BCUT2D eigenvalue weighted by Gasteiger charge is -2.52. The Hall–Kier alpha value is -1.19. The molecule has 0 bridgehead atoms. The molecular formula is C18H22O3. The minimum atomic E-state index is -0.358. The van der Waals surface area contributed by atoms with Crippen LogP contribution in [0.4, 0.5) is 0 Å². The van der Waals surface area contributed by atoms with Gasteiger partial charge in [-0.25, -0.2) is 0 Å². The molecule has 3 aliphatic rings. The zero-order valence-corrected chi connectivity index (χ0v) is 12.3. The monoisotopic (exact) mass is 286 g/mol. The fourth-order valence-corrected chi connectivity index (χ4v) is 4.86. The Labute approximate surface area is 125 Å². The molecule has 4 rings (SSSR count). The van der Waals surface area contributed by atoms with Gasteiger partial charge in [0.25, 0.3) is 0 Å². The maximum atomic E-state index is 11.4. The van der Waals surface area contributed by atoms with Crippen LogP contribution in [0.3, 0.4) is 0 Å². The van der Waals surface area contributed by atoms with Crippen LogP contribution in [0.2, 0.25) is 0 Å². The van der Waals surface area contributed by atoms with E-state index < -0.39 is 0 Å². The molecule has 1 aromatic rings. The van der Waals surface area contributed by atoms with Gasteiger partial charge in [0.15, 0.2) is 5.79 Å². The summed E-state index contributed by atoms with van der Waals surface area (Å²) in [4.78, 5) is 11.4. The van der Waals surface area contributed by atoms with Crippen molar-refractivity contribution in [1.29, 1.82) is 0 Å². The summed E-state index contributed by atoms with van der Waals surface area (Å²) in [5.41, 5.74) is 2.85. The highest BCUT2D eigenvalue weighted by atomic mass is 16.7. The molecule has 0 aromatic heterocycles. The van der Waals surface area contributed by atoms with Crippen LogP contribution in [0.1, 0.15) is 43.2 Å². The number of rotatable bonds is 2. The van der Waals surface area contributed by atoms with Crippen molar-refractivity contribution in [3.63, 3.8) is 0 Å². The maximum Gasteiger partial charge on any atom is 0.168 e. The van der Waals surface area contributed by atoms with Crippen molar-refractivity contribution in [3.05, 3.63) is 35.4 Å². The predicted octanol–water partition coefficient (Wildman–Crippen LogP) is 3.00. The summed E-state index contributed by atoms with van der Waals surface area (Å²) in [6.45, 7) is 1.42. The standard InChI is InChI=1S/C18H22O3/c19-10-9-17-7-8-18(20-11-12-21-18)13-15(17)6-5-14-3-1-2-4-16(14)17/h1-4,10,15H,5-9,11-13H2/t15-,17+/m0/s1. The molecule has 2 atom stereocenters. The molecule has 2 aliphatic carbocycles. The van der Waals surface area contributed by atoms with Gasteiger partial charge in [0.05, 0.1) is 13.2 Å². The quantitative estimate of drug-likeness (QED) is 0.784. The van der Waals surface area contributed by atoms with Gasteiger partial charge in [-0.05, 0) is 36.3 Å². The van der Waals surface area contributed by atoms with Gasteiger partial charge in [-0.2, -0.15) is 0 Å². The van der Waals surface area contributed by atoms with E-state index in [1.54, 1.807) is 0 Å². The lowest BCUT2D eigenvalue weighted by Crippen LogP contribution is -2.50. The Balaban J connectivity index is 1.74. The van der Waals surface area contributed by atoms with Crippen LogP contribution in [-0.2, 0) is 26.1 Å². The van der Waals surface area contributed by atoms with Crippen LogP contribution in [0, 0.1) is 5.92 Å². The molecule has 0 N–H and O–H groups in total. The van der Waals surface area contributed by atoms with Crippen LogP contribution in [0.25, 0.3) is 0 Å². The number of hydrogen-bond acceptors (Lipinski definition) is 3. The van der Waals surface area contributed by atoms with Crippen molar-refractivity contribution in [1.82, 2.24) is 0 Å². The average molecular weight is 286 g/mol. The van der Waals surface area contributed by atoms with Gasteiger partial charge in [-0.15, -0.1) is 0 Å². The Bertz CT molecular complexity index is 547. The zero-order chi connectivity index (χ0) is 14.3. The van der Waals surface area contributed by atoms with Gasteiger partial charge < -0.3 is 14.3 Å². The van der Waals surface area contributed by atoms with E-state index in [0.717, 1.165) is 38.4 Å². The third-order valence-corrected chi connectivity index (χ3v) is 5.87. The smallest absolute Gasteiger partial charge is 0.168 e. The van der Waals surface area contributed by atoms with Crippen molar-refractivity contribution < 1.29 is 14.3 Å². The summed E-state index contributed by atoms with van der Waals surface area (Å²) in [5, 5.41) is 0. The van der Waals surface area contributed by atoms with Crippen LogP contribution in [-0.4, -0.2) is 25.3 Å². The Morgan fingerprint density at radius 2 is 2.00 bits per heavy atom. The molecule has 0 radical (unpaired) electrons. The SMILES string of the molecule is O=CC[C@]12CCC3(C[C@@H]1CCc1ccccc12)OCCO3. The van der Waals surface area contributed by atoms with Crippen LogP contribution in [0.15, 0.2) is 24.3 Å². The molecule has 3 heteroatoms. The minimum absolute atomic E-state index is 0.0111. The largest absolute Gasteiger partial charge is 0.348 e. The van der Waals surface area contributed by atoms with Crippen molar-refractivity contribution in [2.75, 3.05) is 13.2 Å². The number of aryl methyl sites for hydroxylation is 1. The highest BCUT2D eigenvalue weighted by Crippen LogP contribution is 2.55. The first-order valence-electron chi connectivity index (χ1n) is 8.08. The number of ether oxygens (including phenoxy) is 2. The summed E-state index contributed by atoms with van der Waals surface area (Å²) in [6.07, 6.45) is 6.83. The third kappa shape index (κ3) is 1.98. The van der Waals surface area contributed by atoms with Crippen molar-refractivity contribution >= 4 is 6.29 Å². The van der Waals surface area contributed by atoms with E-state index in [-0.39, 0.29) is 11.2 Å². The summed E-state index contributed by atoms with van der Waals surface area (Å²) in [6, 6.07) is 8.69. The average Bonchev–Trinajstić information content (AvgIpc) is 2.97. The molecule has 0 unspecified atom stereocenters. The van der Waals surface area contributed by atoms with Crippen molar-refractivity contribution in [3.8, 4) is 0 Å². The fourth-order valence-electron chi connectivity index (χ4n) is 4.86. The first kappa shape index (κ1) is 13.5. The van der Waals surface area contributed by atoms with E-state index in [0.29, 0.717) is 25.6 Å². The molecule has 112 valence electrons. The second-order valence-corrected chi connectivity index (χ2v) is 6.73. The lowest BCUT2D eigenvalue weighted by molar-refractivity contribution is -0.200. The summed E-state index contributed by atoms with van der Waals surface area (Å²) >= 11 is 0. The zero-order valence-electron chi connectivity index (χ0n) is 12.3. The molecule has 1 spiro atoms. The van der Waals surface area contributed by atoms with Gasteiger partial charge in [-0.1, -0.05) is 24.3 Å². The second-order valence-electron chi connectivity index (χ2n) is 6.73. The van der Waals surface area contributed by atoms with E-state index in [2.05, 4.69) is 24.3 Å². The van der Waals surface area contributed by atoms with E-state index >= 15 is 0 Å². The highest BCUT2D eigenvalue weighted by Gasteiger charge is 2.53. The third-order valence-electron chi connectivity index (χ3n) is 5.87. The normalized spacial score (nSPS) is 33.4. The van der Waals surface area contributed by atoms with E-state index in [4.69, 9.17) is 9.47 Å². The molecule has 3 nitrogen and oxygen atoms in total. The number of aldehydes is 1. The van der Waals surface area contributed by atoms with Crippen LogP contribution in [0.5, 0.6) is 0 Å². The Kier molecular flexibility index (Phi) is 3.16. The van der Waals surface area contributed by atoms with Crippen molar-refractivity contribution in [2.45, 2.75) is 49.7 Å². The predicted molar refractivity (Wildman–Crippen MR) is 79.1 cm³/mol. The number of carbonyl (C=O) groups is 1. The maximum absolute atomic E-state index is 11.4. The molecule has 1 heterocycles. The van der Waals surface area contributed by atoms with Crippen LogP contribution < -0.4 is 0 Å². The first-order chi connectivity index (χ1) is 10.3. The Morgan fingerprint density at radius 3 is 2.81 bits per heavy atom. The van der Waals surface area contributed by atoms with E-state index in [9.17, 15) is 4.79 Å². The van der Waals surface area contributed by atoms with Crippen LogP contribution >= 0.6 is 0 Å². The fraction of sp³-hybridized carbons (Fsp3) is 0.611. The van der Waals surface area contributed by atoms with Gasteiger partial charge in [-0.3, -0.25) is 0 Å². The first-order valence-corrected chi connectivity index (χ1v) is 8.08. The number of fused-ring (bicyclic) bond motifs is 3. The lowest BCUT2D eigenvalue weighted by atomic mass is 9.55. The second kappa shape index (κ2) is 4.92.